The van der Waals surface area contributed by atoms with Crippen LogP contribution in [0.1, 0.15) is 24.1 Å². The Kier molecular flexibility index (Phi) is 4.16. The van der Waals surface area contributed by atoms with Gasteiger partial charge in [0.1, 0.15) is 0 Å². The van der Waals surface area contributed by atoms with Crippen LogP contribution in [0.2, 0.25) is 0 Å². The van der Waals surface area contributed by atoms with Crippen LogP contribution in [0.5, 0.6) is 0 Å². The van der Waals surface area contributed by atoms with Gasteiger partial charge in [0.2, 0.25) is 0 Å². The summed E-state index contributed by atoms with van der Waals surface area (Å²) in [5, 5.41) is 14.0. The molecule has 0 saturated heterocycles. The molecule has 1 N–H and O–H groups in total. The van der Waals surface area contributed by atoms with Crippen molar-refractivity contribution in [1.82, 2.24) is 0 Å². The highest BCUT2D eigenvalue weighted by molar-refractivity contribution is 5.60. The van der Waals surface area contributed by atoms with Gasteiger partial charge in [-0.3, -0.25) is 10.1 Å². The van der Waals surface area contributed by atoms with E-state index in [2.05, 4.69) is 5.32 Å². The molecule has 0 aliphatic rings. The minimum atomic E-state index is -0.920. The summed E-state index contributed by atoms with van der Waals surface area (Å²) in [7, 11) is 0. The zero-order chi connectivity index (χ0) is 15.6. The van der Waals surface area contributed by atoms with Crippen LogP contribution in [0.3, 0.4) is 0 Å². The lowest BCUT2D eigenvalue weighted by Crippen LogP contribution is -2.09. The lowest BCUT2D eigenvalue weighted by molar-refractivity contribution is -0.385. The number of nitrogens with one attached hydrogen (secondary N) is 1. The number of nitro benzene ring substituents is 1. The minimum Gasteiger partial charge on any atom is -0.378 e. The molecule has 0 aromatic heterocycles. The normalized spacial score (nSPS) is 12.0. The van der Waals surface area contributed by atoms with Gasteiger partial charge in [-0.1, -0.05) is 12.1 Å². The molecule has 0 heterocycles. The average Bonchev–Trinajstić information content (AvgIpc) is 2.43. The standard InChI is InChI=1S/C15H14F2N2O2/c1-9-14(4-3-5-15(9)19(20)21)18-10(2)11-6-7-12(16)13(17)8-11/h3-8,10,18H,1-2H3. The van der Waals surface area contributed by atoms with Gasteiger partial charge in [0.15, 0.2) is 11.6 Å². The summed E-state index contributed by atoms with van der Waals surface area (Å²) in [6.07, 6.45) is 0. The van der Waals surface area contributed by atoms with Gasteiger partial charge in [-0.15, -0.1) is 0 Å². The molecule has 0 bridgehead atoms. The Hall–Kier alpha value is -2.50. The molecular weight excluding hydrogens is 278 g/mol. The van der Waals surface area contributed by atoms with E-state index in [9.17, 15) is 18.9 Å². The Bertz CT molecular complexity index is 689. The molecule has 2 rings (SSSR count). The fourth-order valence-corrected chi connectivity index (χ4v) is 2.08. The van der Waals surface area contributed by atoms with E-state index in [4.69, 9.17) is 0 Å². The second-order valence-electron chi connectivity index (χ2n) is 4.75. The number of halogens is 2. The van der Waals surface area contributed by atoms with E-state index in [0.717, 1.165) is 12.1 Å². The molecule has 21 heavy (non-hydrogen) atoms. The maximum atomic E-state index is 13.2. The first-order chi connectivity index (χ1) is 9.90. The Morgan fingerprint density at radius 2 is 1.90 bits per heavy atom. The fourth-order valence-electron chi connectivity index (χ4n) is 2.08. The molecule has 0 fully saturated rings. The summed E-state index contributed by atoms with van der Waals surface area (Å²) in [6.45, 7) is 3.41. The minimum absolute atomic E-state index is 0.0116. The van der Waals surface area contributed by atoms with Crippen molar-refractivity contribution in [2.75, 3.05) is 5.32 Å². The van der Waals surface area contributed by atoms with Crippen LogP contribution in [0, 0.1) is 28.7 Å². The highest BCUT2D eigenvalue weighted by Gasteiger charge is 2.15. The highest BCUT2D eigenvalue weighted by Crippen LogP contribution is 2.28. The number of hydrogen-bond acceptors (Lipinski definition) is 3. The molecule has 2 aromatic carbocycles. The van der Waals surface area contributed by atoms with Crippen molar-refractivity contribution in [3.8, 4) is 0 Å². The van der Waals surface area contributed by atoms with E-state index in [1.807, 2.05) is 0 Å². The molecule has 1 atom stereocenters. The first-order valence-corrected chi connectivity index (χ1v) is 6.35. The maximum absolute atomic E-state index is 13.2. The van der Waals surface area contributed by atoms with Crippen LogP contribution >= 0.6 is 0 Å². The molecule has 0 saturated carbocycles. The van der Waals surface area contributed by atoms with Crippen LogP contribution in [-0.4, -0.2) is 4.92 Å². The SMILES string of the molecule is Cc1c(NC(C)c2ccc(F)c(F)c2)cccc1[N+](=O)[O-]. The quantitative estimate of drug-likeness (QED) is 0.673. The first kappa shape index (κ1) is 14.9. The average molecular weight is 292 g/mol. The third-order valence-electron chi connectivity index (χ3n) is 3.32. The number of hydrogen-bond donors (Lipinski definition) is 1. The number of benzene rings is 2. The topological polar surface area (TPSA) is 55.2 Å². The Labute approximate surface area is 120 Å². The number of nitro groups is 1. The van der Waals surface area contributed by atoms with Crippen molar-refractivity contribution < 1.29 is 13.7 Å². The third kappa shape index (κ3) is 3.16. The summed E-state index contributed by atoms with van der Waals surface area (Å²) < 4.78 is 26.2. The smallest absolute Gasteiger partial charge is 0.274 e. The van der Waals surface area contributed by atoms with E-state index in [-0.39, 0.29) is 11.7 Å². The van der Waals surface area contributed by atoms with Gasteiger partial charge in [0, 0.05) is 23.4 Å². The van der Waals surface area contributed by atoms with Gasteiger partial charge in [0.25, 0.3) is 5.69 Å². The lowest BCUT2D eigenvalue weighted by Gasteiger charge is -2.17. The van der Waals surface area contributed by atoms with Crippen LogP contribution < -0.4 is 5.32 Å². The van der Waals surface area contributed by atoms with Crippen molar-refractivity contribution in [2.24, 2.45) is 0 Å². The Balaban J connectivity index is 2.27. The lowest BCUT2D eigenvalue weighted by atomic mass is 10.1. The number of nitrogens with zero attached hydrogens (tertiary/aromatic N) is 1. The Morgan fingerprint density at radius 1 is 1.19 bits per heavy atom. The summed E-state index contributed by atoms with van der Waals surface area (Å²) in [6, 6.07) is 8.03. The highest BCUT2D eigenvalue weighted by atomic mass is 19.2. The molecule has 1 unspecified atom stereocenters. The zero-order valence-corrected chi connectivity index (χ0v) is 11.6. The van der Waals surface area contributed by atoms with Crippen molar-refractivity contribution >= 4 is 11.4 Å². The van der Waals surface area contributed by atoms with Gasteiger partial charge in [-0.05, 0) is 37.6 Å². The van der Waals surface area contributed by atoms with E-state index in [0.29, 0.717) is 16.8 Å². The Morgan fingerprint density at radius 3 is 2.52 bits per heavy atom. The molecule has 0 spiro atoms. The van der Waals surface area contributed by atoms with Gasteiger partial charge < -0.3 is 5.32 Å². The summed E-state index contributed by atoms with van der Waals surface area (Å²) >= 11 is 0. The van der Waals surface area contributed by atoms with Gasteiger partial charge in [0.05, 0.1) is 4.92 Å². The molecule has 0 aliphatic carbocycles. The van der Waals surface area contributed by atoms with Crippen molar-refractivity contribution in [3.63, 3.8) is 0 Å². The third-order valence-corrected chi connectivity index (χ3v) is 3.32. The van der Waals surface area contributed by atoms with Crippen LogP contribution in [0.4, 0.5) is 20.2 Å². The predicted molar refractivity (Wildman–Crippen MR) is 76.2 cm³/mol. The summed E-state index contributed by atoms with van der Waals surface area (Å²) in [4.78, 5) is 10.4. The second-order valence-corrected chi connectivity index (χ2v) is 4.75. The van der Waals surface area contributed by atoms with E-state index in [1.54, 1.807) is 26.0 Å². The number of rotatable bonds is 4. The summed E-state index contributed by atoms with van der Waals surface area (Å²) in [5.41, 5.74) is 1.65. The zero-order valence-electron chi connectivity index (χ0n) is 11.6. The van der Waals surface area contributed by atoms with Gasteiger partial charge in [-0.2, -0.15) is 0 Å². The van der Waals surface area contributed by atoms with Crippen molar-refractivity contribution in [3.05, 3.63) is 69.3 Å². The van der Waals surface area contributed by atoms with Gasteiger partial charge in [-0.25, -0.2) is 8.78 Å². The molecule has 2 aromatic rings. The molecule has 110 valence electrons. The maximum Gasteiger partial charge on any atom is 0.274 e. The summed E-state index contributed by atoms with van der Waals surface area (Å²) in [5.74, 6) is -1.82. The van der Waals surface area contributed by atoms with Crippen LogP contribution in [-0.2, 0) is 0 Å². The number of anilines is 1. The largest absolute Gasteiger partial charge is 0.378 e. The first-order valence-electron chi connectivity index (χ1n) is 6.35. The van der Waals surface area contributed by atoms with Gasteiger partial charge >= 0.3 is 0 Å². The van der Waals surface area contributed by atoms with E-state index < -0.39 is 16.6 Å². The predicted octanol–water partition coefficient (Wildman–Crippen LogP) is 4.35. The van der Waals surface area contributed by atoms with Crippen LogP contribution in [0.15, 0.2) is 36.4 Å². The van der Waals surface area contributed by atoms with Crippen molar-refractivity contribution in [1.29, 1.82) is 0 Å². The molecule has 6 heteroatoms. The van der Waals surface area contributed by atoms with Crippen LogP contribution in [0.25, 0.3) is 0 Å². The fraction of sp³-hybridized carbons (Fsp3) is 0.200. The molecule has 4 nitrogen and oxygen atoms in total. The molecule has 0 aliphatic heterocycles. The second kappa shape index (κ2) is 5.87. The monoisotopic (exact) mass is 292 g/mol. The van der Waals surface area contributed by atoms with E-state index >= 15 is 0 Å². The molecule has 0 radical (unpaired) electrons. The molecule has 0 amide bonds. The van der Waals surface area contributed by atoms with Crippen molar-refractivity contribution in [2.45, 2.75) is 19.9 Å². The molecular formula is C15H14F2N2O2. The van der Waals surface area contributed by atoms with E-state index in [1.165, 1.54) is 12.1 Å².